The zero-order chi connectivity index (χ0) is 47.8. The molecule has 2 aromatic heterocycles. The van der Waals surface area contributed by atoms with Gasteiger partial charge in [-0.15, -0.1) is 0 Å². The first-order valence-electron chi connectivity index (χ1n) is 24.6. The summed E-state index contributed by atoms with van der Waals surface area (Å²) in [5, 5.41) is 4.99. The van der Waals surface area contributed by atoms with Crippen LogP contribution in [0.1, 0.15) is 17.5 Å². The fraction of sp³-hybridized carbons (Fsp3) is 0.0294. The summed E-state index contributed by atoms with van der Waals surface area (Å²) < 4.78 is 0. The Bertz CT molecular complexity index is 3870. The molecule has 0 atom stereocenters. The first kappa shape index (κ1) is 42.7. The van der Waals surface area contributed by atoms with Gasteiger partial charge in [0, 0.05) is 34.6 Å². The van der Waals surface area contributed by atoms with E-state index >= 15 is 0 Å². The van der Waals surface area contributed by atoms with Gasteiger partial charge in [-0.05, 0) is 131 Å². The van der Waals surface area contributed by atoms with E-state index in [1.807, 2.05) is 24.5 Å². The van der Waals surface area contributed by atoms with Gasteiger partial charge in [0.15, 0.2) is 17.5 Å². The Morgan fingerprint density at radius 3 is 1.28 bits per heavy atom. The van der Waals surface area contributed by atoms with Crippen molar-refractivity contribution in [3.05, 3.63) is 260 Å². The van der Waals surface area contributed by atoms with Gasteiger partial charge in [0.25, 0.3) is 0 Å². The van der Waals surface area contributed by atoms with E-state index in [0.29, 0.717) is 17.5 Å². The first-order valence-corrected chi connectivity index (χ1v) is 24.6. The largest absolute Gasteiger partial charge is 0.264 e. The minimum atomic E-state index is 0.599. The van der Waals surface area contributed by atoms with Crippen molar-refractivity contribution in [3.63, 3.8) is 0 Å². The molecule has 0 radical (unpaired) electrons. The third-order valence-corrected chi connectivity index (χ3v) is 14.1. The van der Waals surface area contributed by atoms with Crippen molar-refractivity contribution in [2.45, 2.75) is 12.8 Å². The SMILES string of the molecule is C1=Cc2c(cncc2-c2ccc(-c3cc(-c4ccc(-c5cc6ccccc6c6ccccc56)cc4)cc(-c4nc(-c5ccc(-c6ccccc6)cc5)nc(-c5ccc(-c6ccccc6)cc5)n4)c3)cc2)CC1. The van der Waals surface area contributed by atoms with Crippen molar-refractivity contribution in [2.75, 3.05) is 0 Å². The second-order valence-corrected chi connectivity index (χ2v) is 18.5. The first-order chi connectivity index (χ1) is 35.6. The van der Waals surface area contributed by atoms with Gasteiger partial charge in [0.1, 0.15) is 0 Å². The molecule has 1 aliphatic carbocycles. The lowest BCUT2D eigenvalue weighted by Gasteiger charge is -2.15. The molecule has 4 nitrogen and oxygen atoms in total. The fourth-order valence-electron chi connectivity index (χ4n) is 10.3. The molecule has 0 N–H and O–H groups in total. The van der Waals surface area contributed by atoms with E-state index in [2.05, 4.69) is 236 Å². The van der Waals surface area contributed by atoms with Crippen LogP contribution in [0, 0.1) is 0 Å². The second kappa shape index (κ2) is 18.5. The molecule has 72 heavy (non-hydrogen) atoms. The molecule has 0 saturated heterocycles. The van der Waals surface area contributed by atoms with Crippen LogP contribution in [0.5, 0.6) is 0 Å². The van der Waals surface area contributed by atoms with Crippen LogP contribution >= 0.6 is 0 Å². The highest BCUT2D eigenvalue weighted by Gasteiger charge is 2.18. The lowest BCUT2D eigenvalue weighted by molar-refractivity contribution is 0.972. The second-order valence-electron chi connectivity index (χ2n) is 18.5. The summed E-state index contributed by atoms with van der Waals surface area (Å²) in [7, 11) is 0. The highest BCUT2D eigenvalue weighted by Crippen LogP contribution is 2.39. The molecular weight excluding hydrogens is 873 g/mol. The predicted octanol–water partition coefficient (Wildman–Crippen LogP) is 17.5. The van der Waals surface area contributed by atoms with Crippen molar-refractivity contribution < 1.29 is 0 Å². The average molecular weight is 919 g/mol. The fourth-order valence-corrected chi connectivity index (χ4v) is 10.3. The number of pyridine rings is 1. The molecule has 1 aliphatic rings. The quantitative estimate of drug-likeness (QED) is 0.135. The Morgan fingerprint density at radius 2 is 0.708 bits per heavy atom. The van der Waals surface area contributed by atoms with Gasteiger partial charge in [0.05, 0.1) is 0 Å². The van der Waals surface area contributed by atoms with Crippen molar-refractivity contribution in [1.29, 1.82) is 0 Å². The Labute approximate surface area is 419 Å². The molecule has 0 spiro atoms. The van der Waals surface area contributed by atoms with E-state index in [1.54, 1.807) is 0 Å². The Hall–Kier alpha value is -9.38. The van der Waals surface area contributed by atoms with Crippen LogP contribution in [0.15, 0.2) is 249 Å². The van der Waals surface area contributed by atoms with Crippen LogP contribution in [0.2, 0.25) is 0 Å². The lowest BCUT2D eigenvalue weighted by Crippen LogP contribution is -2.01. The number of hydrogen-bond donors (Lipinski definition) is 0. The van der Waals surface area contributed by atoms with Gasteiger partial charge in [-0.1, -0.05) is 218 Å². The monoisotopic (exact) mass is 918 g/mol. The summed E-state index contributed by atoms with van der Waals surface area (Å²) in [5.41, 5.74) is 18.9. The van der Waals surface area contributed by atoms with E-state index in [0.717, 1.165) is 85.2 Å². The van der Waals surface area contributed by atoms with Crippen molar-refractivity contribution in [2.24, 2.45) is 0 Å². The number of aromatic nitrogens is 4. The molecule has 0 unspecified atom stereocenters. The summed E-state index contributed by atoms with van der Waals surface area (Å²) in [6, 6.07) is 82.3. The highest BCUT2D eigenvalue weighted by molar-refractivity contribution is 6.13. The molecular formula is C68H46N4. The van der Waals surface area contributed by atoms with E-state index < -0.39 is 0 Å². The molecule has 0 saturated carbocycles. The molecule has 2 heterocycles. The molecule has 13 rings (SSSR count). The Morgan fingerprint density at radius 1 is 0.292 bits per heavy atom. The third kappa shape index (κ3) is 8.25. The normalized spacial score (nSPS) is 12.0. The molecule has 12 aromatic rings. The standard InChI is InChI=1S/C68H46N4/c1-3-13-45(14-4-1)47-27-35-53(36-28-47)66-70-67(54-37-29-48(30-38-54)46-15-5-2-6-16-46)72-68(71-66)59-40-57(39-58(41-59)50-25-33-52(34-26-50)65-44-69-43-56-18-8-10-20-61(56)65)49-23-31-51(32-24-49)64-42-55-17-7-9-19-60(55)62-21-11-12-22-63(62)64/h1-7,9-17,19-44H,8,18H2. The lowest BCUT2D eigenvalue weighted by atomic mass is 9.90. The number of hydrogen-bond acceptors (Lipinski definition) is 4. The van der Waals surface area contributed by atoms with Crippen molar-refractivity contribution in [1.82, 2.24) is 19.9 Å². The molecule has 0 amide bonds. The van der Waals surface area contributed by atoms with Crippen LogP contribution in [-0.4, -0.2) is 19.9 Å². The number of fused-ring (bicyclic) bond motifs is 4. The minimum absolute atomic E-state index is 0.599. The molecule has 4 heteroatoms. The number of aryl methyl sites for hydroxylation is 1. The van der Waals surface area contributed by atoms with Gasteiger partial charge in [0.2, 0.25) is 0 Å². The molecule has 10 aromatic carbocycles. The van der Waals surface area contributed by atoms with E-state index in [1.165, 1.54) is 43.8 Å². The van der Waals surface area contributed by atoms with Crippen LogP contribution < -0.4 is 0 Å². The van der Waals surface area contributed by atoms with Gasteiger partial charge < -0.3 is 0 Å². The molecule has 0 aliphatic heterocycles. The molecule has 0 fully saturated rings. The maximum absolute atomic E-state index is 5.30. The third-order valence-electron chi connectivity index (χ3n) is 14.1. The summed E-state index contributed by atoms with van der Waals surface area (Å²) >= 11 is 0. The summed E-state index contributed by atoms with van der Waals surface area (Å²) in [6.07, 6.45) is 10.6. The molecule has 0 bridgehead atoms. The average Bonchev–Trinajstić information content (AvgIpc) is 3.47. The van der Waals surface area contributed by atoms with E-state index in [-0.39, 0.29) is 0 Å². The number of benzene rings is 10. The Kier molecular flexibility index (Phi) is 11.0. The van der Waals surface area contributed by atoms with Gasteiger partial charge >= 0.3 is 0 Å². The topological polar surface area (TPSA) is 51.6 Å². The molecule has 338 valence electrons. The summed E-state index contributed by atoms with van der Waals surface area (Å²) in [6.45, 7) is 0. The highest BCUT2D eigenvalue weighted by atomic mass is 15.0. The number of rotatable bonds is 9. The van der Waals surface area contributed by atoms with E-state index in [9.17, 15) is 0 Å². The predicted molar refractivity (Wildman–Crippen MR) is 299 cm³/mol. The summed E-state index contributed by atoms with van der Waals surface area (Å²) in [5.74, 6) is 1.82. The zero-order valence-electron chi connectivity index (χ0n) is 39.5. The number of nitrogens with zero attached hydrogens (tertiary/aromatic N) is 4. The van der Waals surface area contributed by atoms with Crippen molar-refractivity contribution in [3.8, 4) is 101 Å². The van der Waals surface area contributed by atoms with Gasteiger partial charge in [-0.3, -0.25) is 4.98 Å². The van der Waals surface area contributed by atoms with Crippen LogP contribution in [0.25, 0.3) is 129 Å². The van der Waals surface area contributed by atoms with Crippen LogP contribution in [0.3, 0.4) is 0 Å². The smallest absolute Gasteiger partial charge is 0.164 e. The van der Waals surface area contributed by atoms with Gasteiger partial charge in [-0.25, -0.2) is 15.0 Å². The Balaban J connectivity index is 0.950. The number of allylic oxidation sites excluding steroid dienone is 1. The van der Waals surface area contributed by atoms with Gasteiger partial charge in [-0.2, -0.15) is 0 Å². The minimum Gasteiger partial charge on any atom is -0.264 e. The van der Waals surface area contributed by atoms with E-state index in [4.69, 9.17) is 15.0 Å². The summed E-state index contributed by atoms with van der Waals surface area (Å²) in [4.78, 5) is 20.4. The van der Waals surface area contributed by atoms with Crippen LogP contribution in [-0.2, 0) is 6.42 Å². The maximum atomic E-state index is 5.30. The van der Waals surface area contributed by atoms with Crippen LogP contribution in [0.4, 0.5) is 0 Å². The van der Waals surface area contributed by atoms with Crippen molar-refractivity contribution >= 4 is 27.6 Å². The zero-order valence-corrected chi connectivity index (χ0v) is 39.5. The maximum Gasteiger partial charge on any atom is 0.164 e.